The number of aliphatic hydroxyl groups is 1. The van der Waals surface area contributed by atoms with Gasteiger partial charge in [-0.05, 0) is 43.0 Å². The summed E-state index contributed by atoms with van der Waals surface area (Å²) in [6.07, 6.45) is 2.58. The number of benzene rings is 1. The minimum atomic E-state index is -0.567. The van der Waals surface area contributed by atoms with Crippen LogP contribution in [0.2, 0.25) is 0 Å². The summed E-state index contributed by atoms with van der Waals surface area (Å²) in [7, 11) is 0. The third kappa shape index (κ3) is 4.79. The van der Waals surface area contributed by atoms with E-state index in [9.17, 15) is 9.59 Å². The van der Waals surface area contributed by atoms with Gasteiger partial charge >= 0.3 is 0 Å². The lowest BCUT2D eigenvalue weighted by Gasteiger charge is -2.25. The number of nitrogens with one attached hydrogen (secondary N) is 3. The van der Waals surface area contributed by atoms with Crippen LogP contribution in [-0.4, -0.2) is 35.5 Å². The van der Waals surface area contributed by atoms with Gasteiger partial charge in [0.2, 0.25) is 11.8 Å². The molecule has 1 heterocycles. The second-order valence-electron chi connectivity index (χ2n) is 6.37. The van der Waals surface area contributed by atoms with E-state index >= 15 is 0 Å². The molecule has 1 saturated heterocycles. The average Bonchev–Trinajstić information content (AvgIpc) is 3.14. The van der Waals surface area contributed by atoms with E-state index in [2.05, 4.69) is 16.0 Å². The van der Waals surface area contributed by atoms with Gasteiger partial charge in [0.15, 0.2) is 0 Å². The fourth-order valence-corrected chi connectivity index (χ4v) is 2.78. The van der Waals surface area contributed by atoms with Crippen molar-refractivity contribution in [2.75, 3.05) is 11.9 Å². The van der Waals surface area contributed by atoms with Crippen LogP contribution < -0.4 is 16.0 Å². The van der Waals surface area contributed by atoms with Gasteiger partial charge in [-0.25, -0.2) is 0 Å². The van der Waals surface area contributed by atoms with Crippen molar-refractivity contribution in [1.82, 2.24) is 10.6 Å². The Morgan fingerprint density at radius 1 is 1.33 bits per heavy atom. The maximum Gasteiger partial charge on any atom is 0.247 e. The molecule has 1 fully saturated rings. The molecule has 0 unspecified atom stereocenters. The van der Waals surface area contributed by atoms with Crippen molar-refractivity contribution in [3.8, 4) is 0 Å². The van der Waals surface area contributed by atoms with Crippen molar-refractivity contribution in [1.29, 1.82) is 0 Å². The monoisotopic (exact) mass is 333 g/mol. The Labute approximate surface area is 143 Å². The molecular formula is C18H27N3O3. The molecule has 132 valence electrons. The molecule has 3 atom stereocenters. The third-order valence-corrected chi connectivity index (χ3v) is 4.57. The summed E-state index contributed by atoms with van der Waals surface area (Å²) in [4.78, 5) is 25.0. The van der Waals surface area contributed by atoms with Gasteiger partial charge in [-0.1, -0.05) is 32.4 Å². The molecule has 0 aliphatic carbocycles. The summed E-state index contributed by atoms with van der Waals surface area (Å²) in [5.74, 6) is -0.289. The molecular weight excluding hydrogens is 306 g/mol. The number of hydrogen-bond donors (Lipinski definition) is 4. The zero-order chi connectivity index (χ0) is 17.5. The normalized spacial score (nSPS) is 19.5. The molecule has 0 radical (unpaired) electrons. The first-order valence-electron chi connectivity index (χ1n) is 8.59. The van der Waals surface area contributed by atoms with Crippen molar-refractivity contribution >= 4 is 17.5 Å². The van der Waals surface area contributed by atoms with E-state index < -0.39 is 6.04 Å². The first kappa shape index (κ1) is 18.4. The Morgan fingerprint density at radius 2 is 2.04 bits per heavy atom. The van der Waals surface area contributed by atoms with Crippen LogP contribution in [0.5, 0.6) is 0 Å². The summed E-state index contributed by atoms with van der Waals surface area (Å²) >= 11 is 0. The molecule has 6 heteroatoms. The Hall–Kier alpha value is -1.92. The van der Waals surface area contributed by atoms with Crippen LogP contribution in [0.3, 0.4) is 0 Å². The van der Waals surface area contributed by atoms with Gasteiger partial charge in [-0.3, -0.25) is 9.59 Å². The van der Waals surface area contributed by atoms with Gasteiger partial charge in [0.05, 0.1) is 12.6 Å². The molecule has 1 aliphatic heterocycles. The lowest BCUT2D eigenvalue weighted by molar-refractivity contribution is -0.128. The summed E-state index contributed by atoms with van der Waals surface area (Å²) in [5, 5.41) is 18.0. The number of anilines is 1. The van der Waals surface area contributed by atoms with Crippen LogP contribution in [0.25, 0.3) is 0 Å². The first-order chi connectivity index (χ1) is 11.5. The van der Waals surface area contributed by atoms with Crippen LogP contribution in [-0.2, 0) is 16.2 Å². The minimum absolute atomic E-state index is 0.0336. The highest BCUT2D eigenvalue weighted by atomic mass is 16.3. The molecule has 6 nitrogen and oxygen atoms in total. The van der Waals surface area contributed by atoms with Crippen LogP contribution in [0, 0.1) is 5.92 Å². The molecule has 1 aromatic rings. The largest absolute Gasteiger partial charge is 0.392 e. The second kappa shape index (κ2) is 8.80. The topological polar surface area (TPSA) is 90.5 Å². The maximum absolute atomic E-state index is 12.6. The Morgan fingerprint density at radius 3 is 2.58 bits per heavy atom. The predicted octanol–water partition coefficient (Wildman–Crippen LogP) is 1.40. The highest BCUT2D eigenvalue weighted by Crippen LogP contribution is 2.14. The molecule has 1 aliphatic rings. The Kier molecular flexibility index (Phi) is 6.75. The van der Waals surface area contributed by atoms with Crippen LogP contribution in [0.1, 0.15) is 38.7 Å². The molecule has 1 aromatic carbocycles. The maximum atomic E-state index is 12.6. The Balaban J connectivity index is 2.02. The highest BCUT2D eigenvalue weighted by molar-refractivity contribution is 5.98. The van der Waals surface area contributed by atoms with Gasteiger partial charge in [0, 0.05) is 5.69 Å². The SMILES string of the molecule is CC[C@H](C)[C@H](NC(=O)[C@H]1CCCN1)C(=O)Nc1ccc(CO)cc1. The summed E-state index contributed by atoms with van der Waals surface area (Å²) in [5.41, 5.74) is 1.44. The van der Waals surface area contributed by atoms with E-state index in [4.69, 9.17) is 5.11 Å². The van der Waals surface area contributed by atoms with Crippen LogP contribution in [0.4, 0.5) is 5.69 Å². The van der Waals surface area contributed by atoms with Crippen molar-refractivity contribution < 1.29 is 14.7 Å². The fourth-order valence-electron chi connectivity index (χ4n) is 2.78. The number of carbonyl (C=O) groups is 2. The smallest absolute Gasteiger partial charge is 0.247 e. The standard InChI is InChI=1S/C18H27N3O3/c1-3-12(2)16(21-17(23)15-5-4-10-19-15)18(24)20-14-8-6-13(11-22)7-9-14/h6-9,12,15-16,19,22H,3-5,10-11H2,1-2H3,(H,20,24)(H,21,23)/t12-,15+,16-/m0/s1. The third-order valence-electron chi connectivity index (χ3n) is 4.57. The molecule has 0 saturated carbocycles. The van der Waals surface area contributed by atoms with E-state index in [0.29, 0.717) is 5.69 Å². The second-order valence-corrected chi connectivity index (χ2v) is 6.37. The minimum Gasteiger partial charge on any atom is -0.392 e. The van der Waals surface area contributed by atoms with E-state index in [1.807, 2.05) is 13.8 Å². The fraction of sp³-hybridized carbons (Fsp3) is 0.556. The van der Waals surface area contributed by atoms with Crippen LogP contribution in [0.15, 0.2) is 24.3 Å². The summed E-state index contributed by atoms with van der Waals surface area (Å²) in [6.45, 7) is 4.77. The van der Waals surface area contributed by atoms with Gasteiger partial charge < -0.3 is 21.1 Å². The van der Waals surface area contributed by atoms with Crippen LogP contribution >= 0.6 is 0 Å². The molecule has 0 aromatic heterocycles. The van der Waals surface area contributed by atoms with Crippen molar-refractivity contribution in [2.24, 2.45) is 5.92 Å². The quantitative estimate of drug-likeness (QED) is 0.607. The number of hydrogen-bond acceptors (Lipinski definition) is 4. The summed E-state index contributed by atoms with van der Waals surface area (Å²) < 4.78 is 0. The van der Waals surface area contributed by atoms with Crippen molar-refractivity contribution in [2.45, 2.75) is 51.8 Å². The Bertz CT molecular complexity index is 553. The van der Waals surface area contributed by atoms with Gasteiger partial charge in [-0.15, -0.1) is 0 Å². The molecule has 0 bridgehead atoms. The molecule has 2 amide bonds. The van der Waals surface area contributed by atoms with Gasteiger partial charge in [-0.2, -0.15) is 0 Å². The average molecular weight is 333 g/mol. The van der Waals surface area contributed by atoms with Crippen molar-refractivity contribution in [3.63, 3.8) is 0 Å². The van der Waals surface area contributed by atoms with Crippen molar-refractivity contribution in [3.05, 3.63) is 29.8 Å². The lowest BCUT2D eigenvalue weighted by Crippen LogP contribution is -2.52. The van der Waals surface area contributed by atoms with Gasteiger partial charge in [0.1, 0.15) is 6.04 Å². The van der Waals surface area contributed by atoms with E-state index in [0.717, 1.165) is 31.4 Å². The van der Waals surface area contributed by atoms with E-state index in [-0.39, 0.29) is 30.4 Å². The molecule has 0 spiro atoms. The molecule has 24 heavy (non-hydrogen) atoms. The molecule has 4 N–H and O–H groups in total. The number of aliphatic hydroxyl groups excluding tert-OH is 1. The molecule has 2 rings (SSSR count). The first-order valence-corrected chi connectivity index (χ1v) is 8.59. The number of carbonyl (C=O) groups excluding carboxylic acids is 2. The predicted molar refractivity (Wildman–Crippen MR) is 93.4 cm³/mol. The number of amides is 2. The zero-order valence-electron chi connectivity index (χ0n) is 14.3. The van der Waals surface area contributed by atoms with E-state index in [1.54, 1.807) is 24.3 Å². The zero-order valence-corrected chi connectivity index (χ0v) is 14.3. The lowest BCUT2D eigenvalue weighted by atomic mass is 9.97. The summed E-state index contributed by atoms with van der Waals surface area (Å²) in [6, 6.07) is 6.24. The van der Waals surface area contributed by atoms with E-state index in [1.165, 1.54) is 0 Å². The van der Waals surface area contributed by atoms with Gasteiger partial charge in [0.25, 0.3) is 0 Å². The highest BCUT2D eigenvalue weighted by Gasteiger charge is 2.30. The number of rotatable bonds is 7.